The maximum absolute atomic E-state index is 13.1. The van der Waals surface area contributed by atoms with E-state index in [1.165, 1.54) is 15.0 Å². The number of thiophene rings is 2. The smallest absolute Gasteiger partial charge is 0.264 e. The molecule has 0 spiro atoms. The highest BCUT2D eigenvalue weighted by Crippen LogP contribution is 2.38. The lowest BCUT2D eigenvalue weighted by Crippen LogP contribution is -2.30. The van der Waals surface area contributed by atoms with Crippen LogP contribution in [0.3, 0.4) is 0 Å². The van der Waals surface area contributed by atoms with Crippen LogP contribution >= 0.6 is 22.7 Å². The van der Waals surface area contributed by atoms with Gasteiger partial charge in [-0.3, -0.25) is 4.79 Å². The molecule has 0 bridgehead atoms. The molecule has 0 radical (unpaired) electrons. The Morgan fingerprint density at radius 3 is 2.86 bits per heavy atom. The average molecular weight is 327 g/mol. The van der Waals surface area contributed by atoms with Gasteiger partial charge in [-0.1, -0.05) is 24.3 Å². The van der Waals surface area contributed by atoms with Gasteiger partial charge < -0.3 is 4.90 Å². The molecule has 1 saturated heterocycles. The first-order chi connectivity index (χ1) is 10.8. The number of amides is 1. The van der Waals surface area contributed by atoms with Crippen molar-refractivity contribution in [1.29, 1.82) is 0 Å². The second-order valence-electron chi connectivity index (χ2n) is 5.72. The number of benzene rings is 1. The molecule has 2 aromatic heterocycles. The van der Waals surface area contributed by atoms with Gasteiger partial charge in [-0.05, 0) is 48.2 Å². The lowest BCUT2D eigenvalue weighted by molar-refractivity contribution is 0.0742. The lowest BCUT2D eigenvalue weighted by atomic mass is 10.1. The van der Waals surface area contributed by atoms with Crippen molar-refractivity contribution in [2.24, 2.45) is 0 Å². The summed E-state index contributed by atoms with van der Waals surface area (Å²) >= 11 is 3.39. The molecule has 2 nitrogen and oxygen atoms in total. The van der Waals surface area contributed by atoms with E-state index in [4.69, 9.17) is 0 Å². The summed E-state index contributed by atoms with van der Waals surface area (Å²) in [5, 5.41) is 3.31. The van der Waals surface area contributed by atoms with Crippen LogP contribution < -0.4 is 0 Å². The Balaban J connectivity index is 1.72. The van der Waals surface area contributed by atoms with Crippen molar-refractivity contribution >= 4 is 38.7 Å². The largest absolute Gasteiger partial charge is 0.330 e. The van der Waals surface area contributed by atoms with Crippen molar-refractivity contribution in [3.05, 3.63) is 57.1 Å². The van der Waals surface area contributed by atoms with Gasteiger partial charge in [0.05, 0.1) is 10.9 Å². The molecule has 3 heterocycles. The molecular weight excluding hydrogens is 310 g/mol. The topological polar surface area (TPSA) is 20.3 Å². The molecule has 0 aliphatic carbocycles. The van der Waals surface area contributed by atoms with Crippen molar-refractivity contribution in [3.8, 4) is 0 Å². The fraction of sp³-hybridized carbons (Fsp3) is 0.278. The van der Waals surface area contributed by atoms with E-state index in [-0.39, 0.29) is 11.9 Å². The molecule has 0 N–H and O–H groups in total. The second kappa shape index (κ2) is 5.52. The molecule has 4 rings (SSSR count). The standard InChI is InChI=1S/C18H17NOS2/c1-12-13-6-2-3-8-15(13)22-17(12)18(20)19-10-4-7-14(19)16-9-5-11-21-16/h2-3,5-6,8-9,11,14H,4,7,10H2,1H3/t14-/m1/s1. The Kier molecular flexibility index (Phi) is 3.51. The van der Waals surface area contributed by atoms with Gasteiger partial charge in [-0.2, -0.15) is 0 Å². The van der Waals surface area contributed by atoms with Crippen molar-refractivity contribution < 1.29 is 4.79 Å². The molecular formula is C18H17NOS2. The third-order valence-corrected chi connectivity index (χ3v) is 6.66. The van der Waals surface area contributed by atoms with Gasteiger partial charge in [0, 0.05) is 16.1 Å². The van der Waals surface area contributed by atoms with E-state index < -0.39 is 0 Å². The van der Waals surface area contributed by atoms with Crippen LogP contribution in [-0.4, -0.2) is 17.4 Å². The number of aryl methyl sites for hydroxylation is 1. The molecule has 0 saturated carbocycles. The van der Waals surface area contributed by atoms with Gasteiger partial charge >= 0.3 is 0 Å². The molecule has 1 atom stereocenters. The van der Waals surface area contributed by atoms with E-state index >= 15 is 0 Å². The summed E-state index contributed by atoms with van der Waals surface area (Å²) in [7, 11) is 0. The predicted octanol–water partition coefficient (Wildman–Crippen LogP) is 5.25. The Bertz CT molecular complexity index is 819. The highest BCUT2D eigenvalue weighted by molar-refractivity contribution is 7.21. The number of carbonyl (C=O) groups excluding carboxylic acids is 1. The second-order valence-corrected chi connectivity index (χ2v) is 7.76. The van der Waals surface area contributed by atoms with Crippen LogP contribution in [0.25, 0.3) is 10.1 Å². The van der Waals surface area contributed by atoms with Gasteiger partial charge in [0.2, 0.25) is 0 Å². The molecule has 112 valence electrons. The Morgan fingerprint density at radius 2 is 2.09 bits per heavy atom. The molecule has 0 unspecified atom stereocenters. The van der Waals surface area contributed by atoms with E-state index in [0.29, 0.717) is 0 Å². The van der Waals surface area contributed by atoms with Crippen LogP contribution in [0.2, 0.25) is 0 Å². The minimum Gasteiger partial charge on any atom is -0.330 e. The molecule has 1 aliphatic heterocycles. The molecule has 3 aromatic rings. The van der Waals surface area contributed by atoms with E-state index in [2.05, 4.69) is 41.5 Å². The van der Waals surface area contributed by atoms with Crippen LogP contribution in [-0.2, 0) is 0 Å². The predicted molar refractivity (Wildman–Crippen MR) is 93.9 cm³/mol. The molecule has 1 aliphatic rings. The van der Waals surface area contributed by atoms with Crippen LogP contribution in [0.5, 0.6) is 0 Å². The summed E-state index contributed by atoms with van der Waals surface area (Å²) in [6, 6.07) is 12.8. The number of carbonyl (C=O) groups is 1. The van der Waals surface area contributed by atoms with Crippen LogP contribution in [0.15, 0.2) is 41.8 Å². The summed E-state index contributed by atoms with van der Waals surface area (Å²) in [4.78, 5) is 17.4. The Labute approximate surface area is 138 Å². The quantitative estimate of drug-likeness (QED) is 0.629. The SMILES string of the molecule is Cc1c(C(=O)N2CCC[C@@H]2c2cccs2)sc2ccccc12. The fourth-order valence-corrected chi connectivity index (χ4v) is 5.33. The first-order valence-corrected chi connectivity index (χ1v) is 9.28. The van der Waals surface area contributed by atoms with Crippen LogP contribution in [0.1, 0.15) is 39.0 Å². The van der Waals surface area contributed by atoms with Crippen molar-refractivity contribution in [3.63, 3.8) is 0 Å². The molecule has 1 aromatic carbocycles. The Hall–Kier alpha value is -1.65. The summed E-state index contributed by atoms with van der Waals surface area (Å²) < 4.78 is 1.20. The van der Waals surface area contributed by atoms with Crippen molar-refractivity contribution in [1.82, 2.24) is 4.90 Å². The normalized spacial score (nSPS) is 18.2. The highest BCUT2D eigenvalue weighted by Gasteiger charge is 2.32. The summed E-state index contributed by atoms with van der Waals surface area (Å²) in [6.45, 7) is 2.94. The number of nitrogens with zero attached hydrogens (tertiary/aromatic N) is 1. The fourth-order valence-electron chi connectivity index (χ4n) is 3.30. The molecule has 1 amide bonds. The number of hydrogen-bond donors (Lipinski definition) is 0. The molecule has 1 fully saturated rings. The lowest BCUT2D eigenvalue weighted by Gasteiger charge is -2.23. The van der Waals surface area contributed by atoms with Gasteiger partial charge in [0.15, 0.2) is 0 Å². The summed E-state index contributed by atoms with van der Waals surface area (Å²) in [5.41, 5.74) is 1.13. The van der Waals surface area contributed by atoms with Gasteiger partial charge in [-0.15, -0.1) is 22.7 Å². The number of rotatable bonds is 2. The van der Waals surface area contributed by atoms with Crippen LogP contribution in [0.4, 0.5) is 0 Å². The number of fused-ring (bicyclic) bond motifs is 1. The van der Waals surface area contributed by atoms with Gasteiger partial charge in [0.1, 0.15) is 0 Å². The summed E-state index contributed by atoms with van der Waals surface area (Å²) in [5.74, 6) is 0.203. The summed E-state index contributed by atoms with van der Waals surface area (Å²) in [6.07, 6.45) is 2.18. The first-order valence-electron chi connectivity index (χ1n) is 7.58. The first kappa shape index (κ1) is 14.0. The van der Waals surface area contributed by atoms with Crippen molar-refractivity contribution in [2.75, 3.05) is 6.54 Å². The monoisotopic (exact) mass is 327 g/mol. The van der Waals surface area contributed by atoms with E-state index in [1.807, 2.05) is 12.1 Å². The number of hydrogen-bond acceptors (Lipinski definition) is 3. The van der Waals surface area contributed by atoms with Crippen molar-refractivity contribution in [2.45, 2.75) is 25.8 Å². The Morgan fingerprint density at radius 1 is 1.23 bits per heavy atom. The number of likely N-dealkylation sites (tertiary alicyclic amines) is 1. The zero-order valence-electron chi connectivity index (χ0n) is 12.4. The maximum Gasteiger partial charge on any atom is 0.264 e. The van der Waals surface area contributed by atoms with Gasteiger partial charge in [-0.25, -0.2) is 0 Å². The zero-order valence-corrected chi connectivity index (χ0v) is 14.0. The van der Waals surface area contributed by atoms with Gasteiger partial charge in [0.25, 0.3) is 5.91 Å². The molecule has 22 heavy (non-hydrogen) atoms. The third-order valence-electron chi connectivity index (χ3n) is 4.42. The van der Waals surface area contributed by atoms with E-state index in [1.54, 1.807) is 22.7 Å². The minimum absolute atomic E-state index is 0.203. The van der Waals surface area contributed by atoms with E-state index in [9.17, 15) is 4.79 Å². The molecule has 4 heteroatoms. The third kappa shape index (κ3) is 2.18. The minimum atomic E-state index is 0.203. The van der Waals surface area contributed by atoms with Crippen LogP contribution in [0, 0.1) is 6.92 Å². The van der Waals surface area contributed by atoms with E-state index in [0.717, 1.165) is 29.8 Å². The highest BCUT2D eigenvalue weighted by atomic mass is 32.1. The average Bonchev–Trinajstić information content (AvgIpc) is 3.26. The zero-order chi connectivity index (χ0) is 15.1. The maximum atomic E-state index is 13.1.